The molecule has 2 aromatic rings. The summed E-state index contributed by atoms with van der Waals surface area (Å²) in [6.07, 6.45) is 3.33. The number of ether oxygens (including phenoxy) is 1. The van der Waals surface area contributed by atoms with Crippen LogP contribution in [0, 0.1) is 0 Å². The molecule has 0 aromatic carbocycles. The predicted molar refractivity (Wildman–Crippen MR) is 64.5 cm³/mol. The van der Waals surface area contributed by atoms with Crippen molar-refractivity contribution in [1.82, 2.24) is 25.7 Å². The molecule has 0 bridgehead atoms. The van der Waals surface area contributed by atoms with Gasteiger partial charge >= 0.3 is 0 Å². The minimum Gasteiger partial charge on any atom is -0.383 e. The lowest BCUT2D eigenvalue weighted by Gasteiger charge is -1.99. The molecule has 7 heteroatoms. The molecule has 2 heterocycles. The van der Waals surface area contributed by atoms with Crippen molar-refractivity contribution in [1.29, 1.82) is 0 Å². The predicted octanol–water partition coefficient (Wildman–Crippen LogP) is 0.731. The van der Waals surface area contributed by atoms with Crippen LogP contribution in [0.2, 0.25) is 0 Å². The van der Waals surface area contributed by atoms with E-state index >= 15 is 0 Å². The number of rotatable bonds is 6. The van der Waals surface area contributed by atoms with E-state index in [1.54, 1.807) is 30.8 Å². The number of nitrogens with one attached hydrogen (secondary N) is 1. The molecule has 0 aliphatic heterocycles. The van der Waals surface area contributed by atoms with Crippen molar-refractivity contribution in [2.75, 3.05) is 20.3 Å². The molecule has 0 aliphatic carbocycles. The van der Waals surface area contributed by atoms with Gasteiger partial charge in [0.25, 0.3) is 0 Å². The van der Waals surface area contributed by atoms with E-state index in [9.17, 15) is 0 Å². The van der Waals surface area contributed by atoms with Gasteiger partial charge < -0.3 is 10.1 Å². The molecule has 6 nitrogen and oxygen atoms in total. The molecule has 2 aromatic heterocycles. The standard InChI is InChI=1S/C10H13N5OS/c1-16-5-4-11-7-9-14-15-10(17-9)8-2-3-12-13-6-8/h2-3,6,11H,4-5,7H2,1H3. The summed E-state index contributed by atoms with van der Waals surface area (Å²) in [5.41, 5.74) is 0.945. The van der Waals surface area contributed by atoms with Crippen LogP contribution in [-0.4, -0.2) is 40.7 Å². The van der Waals surface area contributed by atoms with E-state index in [4.69, 9.17) is 4.74 Å². The maximum Gasteiger partial charge on any atom is 0.149 e. The van der Waals surface area contributed by atoms with Crippen LogP contribution < -0.4 is 5.32 Å². The normalized spacial score (nSPS) is 10.6. The quantitative estimate of drug-likeness (QED) is 0.763. The van der Waals surface area contributed by atoms with E-state index in [1.165, 1.54) is 0 Å². The van der Waals surface area contributed by atoms with Gasteiger partial charge in [-0.15, -0.1) is 10.2 Å². The Morgan fingerprint density at radius 3 is 3.06 bits per heavy atom. The third-order valence-electron chi connectivity index (χ3n) is 2.06. The van der Waals surface area contributed by atoms with Gasteiger partial charge in [-0.25, -0.2) is 0 Å². The maximum absolute atomic E-state index is 4.94. The minimum atomic E-state index is 0.694. The monoisotopic (exact) mass is 251 g/mol. The summed E-state index contributed by atoms with van der Waals surface area (Å²) in [4.78, 5) is 0. The first kappa shape index (κ1) is 12.0. The van der Waals surface area contributed by atoms with Gasteiger partial charge in [0.15, 0.2) is 0 Å². The van der Waals surface area contributed by atoms with Crippen LogP contribution in [0.5, 0.6) is 0 Å². The first-order valence-corrected chi connectivity index (χ1v) is 6.01. The maximum atomic E-state index is 4.94. The van der Waals surface area contributed by atoms with Crippen molar-refractivity contribution in [2.24, 2.45) is 0 Å². The Kier molecular flexibility index (Phi) is 4.48. The second-order valence-corrected chi connectivity index (χ2v) is 4.36. The van der Waals surface area contributed by atoms with Crippen LogP contribution in [-0.2, 0) is 11.3 Å². The lowest BCUT2D eigenvalue weighted by Crippen LogP contribution is -2.18. The fourth-order valence-electron chi connectivity index (χ4n) is 1.23. The summed E-state index contributed by atoms with van der Waals surface area (Å²) in [6.45, 7) is 2.21. The molecular formula is C10H13N5OS. The highest BCUT2D eigenvalue weighted by Gasteiger charge is 2.06. The Balaban J connectivity index is 1.92. The molecule has 0 saturated heterocycles. The zero-order valence-electron chi connectivity index (χ0n) is 9.46. The number of hydrogen-bond donors (Lipinski definition) is 1. The number of nitrogens with zero attached hydrogens (tertiary/aromatic N) is 4. The highest BCUT2D eigenvalue weighted by molar-refractivity contribution is 7.14. The Hall–Kier alpha value is -1.44. The molecule has 1 N–H and O–H groups in total. The van der Waals surface area contributed by atoms with Crippen molar-refractivity contribution in [3.63, 3.8) is 0 Å². The smallest absolute Gasteiger partial charge is 0.149 e. The Morgan fingerprint density at radius 2 is 2.29 bits per heavy atom. The Morgan fingerprint density at radius 1 is 1.35 bits per heavy atom. The van der Waals surface area contributed by atoms with Crippen LogP contribution in [0.3, 0.4) is 0 Å². The molecule has 0 radical (unpaired) electrons. The zero-order valence-corrected chi connectivity index (χ0v) is 10.3. The Labute approximate surface area is 103 Å². The second-order valence-electron chi connectivity index (χ2n) is 3.30. The first-order chi connectivity index (χ1) is 8.40. The van der Waals surface area contributed by atoms with Crippen molar-refractivity contribution in [2.45, 2.75) is 6.54 Å². The number of aromatic nitrogens is 4. The molecule has 0 amide bonds. The van der Waals surface area contributed by atoms with Crippen LogP contribution in [0.4, 0.5) is 0 Å². The molecular weight excluding hydrogens is 238 g/mol. The fraction of sp³-hybridized carbons (Fsp3) is 0.400. The zero-order chi connectivity index (χ0) is 11.9. The van der Waals surface area contributed by atoms with Crippen molar-refractivity contribution >= 4 is 11.3 Å². The van der Waals surface area contributed by atoms with Gasteiger partial charge in [-0.3, -0.25) is 0 Å². The molecule has 0 aliphatic rings. The van der Waals surface area contributed by atoms with E-state index in [2.05, 4.69) is 25.7 Å². The molecule has 0 unspecified atom stereocenters. The largest absolute Gasteiger partial charge is 0.383 e. The number of hydrogen-bond acceptors (Lipinski definition) is 7. The molecule has 17 heavy (non-hydrogen) atoms. The molecule has 0 atom stereocenters. The summed E-state index contributed by atoms with van der Waals surface area (Å²) in [5.74, 6) is 0. The van der Waals surface area contributed by atoms with Gasteiger partial charge in [-0.05, 0) is 6.07 Å². The lowest BCUT2D eigenvalue weighted by atomic mass is 10.3. The highest BCUT2D eigenvalue weighted by Crippen LogP contribution is 2.21. The molecule has 0 saturated carbocycles. The van der Waals surface area contributed by atoms with E-state index in [0.29, 0.717) is 13.2 Å². The van der Waals surface area contributed by atoms with E-state index < -0.39 is 0 Å². The summed E-state index contributed by atoms with van der Waals surface area (Å²) in [7, 11) is 1.68. The second kappa shape index (κ2) is 6.33. The third-order valence-corrected chi connectivity index (χ3v) is 3.03. The minimum absolute atomic E-state index is 0.694. The van der Waals surface area contributed by atoms with Gasteiger partial charge in [-0.2, -0.15) is 10.2 Å². The van der Waals surface area contributed by atoms with Crippen molar-refractivity contribution in [3.8, 4) is 10.6 Å². The van der Waals surface area contributed by atoms with Gasteiger partial charge in [-0.1, -0.05) is 11.3 Å². The van der Waals surface area contributed by atoms with Crippen LogP contribution in [0.1, 0.15) is 5.01 Å². The highest BCUT2D eigenvalue weighted by atomic mass is 32.1. The first-order valence-electron chi connectivity index (χ1n) is 5.19. The SMILES string of the molecule is COCCNCc1nnc(-c2ccnnc2)s1. The van der Waals surface area contributed by atoms with Crippen molar-refractivity contribution < 1.29 is 4.74 Å². The molecule has 90 valence electrons. The fourth-order valence-corrected chi connectivity index (χ4v) is 2.03. The summed E-state index contributed by atoms with van der Waals surface area (Å²) in [5, 5.41) is 20.8. The van der Waals surface area contributed by atoms with Gasteiger partial charge in [0.1, 0.15) is 10.0 Å². The topological polar surface area (TPSA) is 72.8 Å². The third kappa shape index (κ3) is 3.52. The number of methoxy groups -OCH3 is 1. The summed E-state index contributed by atoms with van der Waals surface area (Å²) in [6, 6.07) is 1.87. The van der Waals surface area contributed by atoms with Crippen LogP contribution in [0.15, 0.2) is 18.5 Å². The van der Waals surface area contributed by atoms with Crippen molar-refractivity contribution in [3.05, 3.63) is 23.5 Å². The Bertz CT molecular complexity index is 447. The van der Waals surface area contributed by atoms with E-state index in [1.807, 2.05) is 6.07 Å². The van der Waals surface area contributed by atoms with Gasteiger partial charge in [0, 0.05) is 25.8 Å². The van der Waals surface area contributed by atoms with E-state index in [-0.39, 0.29) is 0 Å². The van der Waals surface area contributed by atoms with Crippen LogP contribution in [0.25, 0.3) is 10.6 Å². The lowest BCUT2D eigenvalue weighted by molar-refractivity contribution is 0.199. The average Bonchev–Trinajstić information content (AvgIpc) is 2.85. The van der Waals surface area contributed by atoms with Crippen LogP contribution >= 0.6 is 11.3 Å². The summed E-state index contributed by atoms with van der Waals surface area (Å²) < 4.78 is 4.94. The van der Waals surface area contributed by atoms with Gasteiger partial charge in [0.05, 0.1) is 19.0 Å². The molecule has 0 spiro atoms. The van der Waals surface area contributed by atoms with E-state index in [0.717, 1.165) is 22.1 Å². The molecule has 0 fully saturated rings. The van der Waals surface area contributed by atoms with Gasteiger partial charge in [0.2, 0.25) is 0 Å². The average molecular weight is 251 g/mol. The summed E-state index contributed by atoms with van der Waals surface area (Å²) >= 11 is 1.55. The molecule has 2 rings (SSSR count).